The maximum absolute atomic E-state index is 9.44. The summed E-state index contributed by atoms with van der Waals surface area (Å²) < 4.78 is 5.21. The minimum atomic E-state index is -0.833. The highest BCUT2D eigenvalue weighted by molar-refractivity contribution is 5.82. The SMILES string of the molecule is CC(=O)O.CCOc1cc(C=NN=C(N)N)ccc1O. The van der Waals surface area contributed by atoms with Crippen molar-refractivity contribution >= 4 is 18.1 Å². The van der Waals surface area contributed by atoms with Crippen molar-refractivity contribution in [1.82, 2.24) is 0 Å². The van der Waals surface area contributed by atoms with Crippen LogP contribution in [0.1, 0.15) is 19.4 Å². The van der Waals surface area contributed by atoms with Crippen molar-refractivity contribution in [3.63, 3.8) is 0 Å². The highest BCUT2D eigenvalue weighted by Crippen LogP contribution is 2.26. The van der Waals surface area contributed by atoms with Gasteiger partial charge in [0.05, 0.1) is 12.8 Å². The predicted molar refractivity (Wildman–Crippen MR) is 76.0 cm³/mol. The van der Waals surface area contributed by atoms with Crippen LogP contribution in [0.25, 0.3) is 0 Å². The maximum atomic E-state index is 9.44. The normalized spacial score (nSPS) is 9.50. The summed E-state index contributed by atoms with van der Waals surface area (Å²) in [6.45, 7) is 3.39. The van der Waals surface area contributed by atoms with E-state index >= 15 is 0 Å². The minimum Gasteiger partial charge on any atom is -0.504 e. The van der Waals surface area contributed by atoms with Crippen LogP contribution in [0.3, 0.4) is 0 Å². The smallest absolute Gasteiger partial charge is 0.300 e. The van der Waals surface area contributed by atoms with Gasteiger partial charge in [-0.1, -0.05) is 0 Å². The van der Waals surface area contributed by atoms with E-state index in [1.807, 2.05) is 6.92 Å². The number of phenolic OH excluding ortho intramolecular Hbond substituents is 1. The Kier molecular flexibility index (Phi) is 7.92. The standard InChI is InChI=1S/C10H14N4O2.C2H4O2/c1-2-16-9-5-7(3-4-8(9)15)6-13-14-10(11)12;1-2(3)4/h3-6,15H,2H2,1H3,(H4,11,12,14);1H3,(H,3,4). The second-order valence-corrected chi connectivity index (χ2v) is 3.45. The van der Waals surface area contributed by atoms with Gasteiger partial charge in [-0.15, -0.1) is 5.10 Å². The zero-order chi connectivity index (χ0) is 15.5. The first kappa shape index (κ1) is 17.2. The minimum absolute atomic E-state index is 0.0841. The molecule has 0 aromatic heterocycles. The number of aromatic hydroxyl groups is 1. The molecule has 20 heavy (non-hydrogen) atoms. The van der Waals surface area contributed by atoms with Crippen LogP contribution in [-0.4, -0.2) is 35.0 Å². The third-order valence-corrected chi connectivity index (χ3v) is 1.66. The number of rotatable bonds is 4. The Morgan fingerprint density at radius 3 is 2.55 bits per heavy atom. The predicted octanol–water partition coefficient (Wildman–Crippen LogP) is 0.489. The van der Waals surface area contributed by atoms with Gasteiger partial charge in [-0.25, -0.2) is 0 Å². The van der Waals surface area contributed by atoms with Gasteiger partial charge in [0.15, 0.2) is 11.5 Å². The summed E-state index contributed by atoms with van der Waals surface area (Å²) >= 11 is 0. The number of nitrogens with zero attached hydrogens (tertiary/aromatic N) is 2. The largest absolute Gasteiger partial charge is 0.504 e. The first-order chi connectivity index (χ1) is 9.36. The molecular weight excluding hydrogens is 264 g/mol. The first-order valence-corrected chi connectivity index (χ1v) is 5.64. The highest BCUT2D eigenvalue weighted by atomic mass is 16.5. The van der Waals surface area contributed by atoms with Crippen LogP contribution in [-0.2, 0) is 4.79 Å². The summed E-state index contributed by atoms with van der Waals surface area (Å²) in [5, 5.41) is 24.0. The van der Waals surface area contributed by atoms with E-state index in [0.717, 1.165) is 12.5 Å². The molecule has 1 rings (SSSR count). The van der Waals surface area contributed by atoms with E-state index < -0.39 is 5.97 Å². The molecular formula is C12H18N4O4. The Bertz CT molecular complexity index is 492. The molecule has 8 nitrogen and oxygen atoms in total. The summed E-state index contributed by atoms with van der Waals surface area (Å²) in [5.41, 5.74) is 10.9. The van der Waals surface area contributed by atoms with Gasteiger partial charge < -0.3 is 26.4 Å². The molecule has 0 aliphatic heterocycles. The molecule has 8 heteroatoms. The number of carboxylic acids is 1. The van der Waals surface area contributed by atoms with Crippen molar-refractivity contribution in [1.29, 1.82) is 0 Å². The summed E-state index contributed by atoms with van der Waals surface area (Å²) in [7, 11) is 0. The van der Waals surface area contributed by atoms with Gasteiger partial charge in [-0.05, 0) is 30.7 Å². The zero-order valence-corrected chi connectivity index (χ0v) is 11.3. The van der Waals surface area contributed by atoms with E-state index in [-0.39, 0.29) is 11.7 Å². The van der Waals surface area contributed by atoms with Crippen molar-refractivity contribution in [2.24, 2.45) is 21.7 Å². The fourth-order valence-corrected chi connectivity index (χ4v) is 1.04. The van der Waals surface area contributed by atoms with Gasteiger partial charge in [0.1, 0.15) is 0 Å². The lowest BCUT2D eigenvalue weighted by Crippen LogP contribution is -2.21. The fourth-order valence-electron chi connectivity index (χ4n) is 1.04. The highest BCUT2D eigenvalue weighted by Gasteiger charge is 2.01. The van der Waals surface area contributed by atoms with Crippen LogP contribution in [0.5, 0.6) is 11.5 Å². The number of ether oxygens (including phenoxy) is 1. The summed E-state index contributed by atoms with van der Waals surface area (Å²) in [6, 6.07) is 4.83. The number of hydrogen-bond acceptors (Lipinski definition) is 5. The summed E-state index contributed by atoms with van der Waals surface area (Å²) in [4.78, 5) is 9.00. The first-order valence-electron chi connectivity index (χ1n) is 5.64. The molecule has 0 fully saturated rings. The molecule has 0 spiro atoms. The number of benzene rings is 1. The summed E-state index contributed by atoms with van der Waals surface area (Å²) in [5.74, 6) is -0.461. The number of hydrogen-bond donors (Lipinski definition) is 4. The Hall–Kier alpha value is -2.77. The number of guanidine groups is 1. The van der Waals surface area contributed by atoms with E-state index in [0.29, 0.717) is 12.4 Å². The van der Waals surface area contributed by atoms with E-state index in [1.165, 1.54) is 12.3 Å². The number of carboxylic acid groups (broad SMARTS) is 1. The van der Waals surface area contributed by atoms with Crippen LogP contribution < -0.4 is 16.2 Å². The van der Waals surface area contributed by atoms with Crippen LogP contribution in [0.4, 0.5) is 0 Å². The molecule has 0 atom stereocenters. The maximum Gasteiger partial charge on any atom is 0.300 e. The molecule has 0 heterocycles. The molecule has 1 aromatic carbocycles. The lowest BCUT2D eigenvalue weighted by molar-refractivity contribution is -0.134. The topological polar surface area (TPSA) is 144 Å². The van der Waals surface area contributed by atoms with E-state index in [1.54, 1.807) is 12.1 Å². The summed E-state index contributed by atoms with van der Waals surface area (Å²) in [6.07, 6.45) is 1.46. The molecule has 0 saturated carbocycles. The van der Waals surface area contributed by atoms with Crippen molar-refractivity contribution < 1.29 is 19.7 Å². The second-order valence-electron chi connectivity index (χ2n) is 3.45. The molecule has 0 aliphatic rings. The van der Waals surface area contributed by atoms with E-state index in [4.69, 9.17) is 26.1 Å². The molecule has 0 amide bonds. The lowest BCUT2D eigenvalue weighted by atomic mass is 10.2. The van der Waals surface area contributed by atoms with Crippen LogP contribution >= 0.6 is 0 Å². The molecule has 1 aromatic rings. The van der Waals surface area contributed by atoms with Gasteiger partial charge in [0.2, 0.25) is 5.96 Å². The van der Waals surface area contributed by atoms with Gasteiger partial charge in [0.25, 0.3) is 5.97 Å². The molecule has 0 unspecified atom stereocenters. The number of aliphatic carboxylic acids is 1. The molecule has 0 radical (unpaired) electrons. The average molecular weight is 282 g/mol. The second kappa shape index (κ2) is 9.20. The number of phenols is 1. The van der Waals surface area contributed by atoms with E-state index in [9.17, 15) is 5.11 Å². The lowest BCUT2D eigenvalue weighted by Gasteiger charge is -2.05. The number of carbonyl (C=O) groups is 1. The Morgan fingerprint density at radius 2 is 2.05 bits per heavy atom. The van der Waals surface area contributed by atoms with Crippen LogP contribution in [0.2, 0.25) is 0 Å². The third kappa shape index (κ3) is 8.34. The fraction of sp³-hybridized carbons (Fsp3) is 0.250. The molecule has 0 bridgehead atoms. The van der Waals surface area contributed by atoms with Crippen molar-refractivity contribution in [2.45, 2.75) is 13.8 Å². The van der Waals surface area contributed by atoms with E-state index in [2.05, 4.69) is 10.2 Å². The molecule has 6 N–H and O–H groups in total. The van der Waals surface area contributed by atoms with Crippen LogP contribution in [0.15, 0.2) is 28.4 Å². The molecule has 110 valence electrons. The Morgan fingerprint density at radius 1 is 1.45 bits per heavy atom. The monoisotopic (exact) mass is 282 g/mol. The van der Waals surface area contributed by atoms with Gasteiger partial charge in [0, 0.05) is 6.92 Å². The van der Waals surface area contributed by atoms with Gasteiger partial charge in [-0.3, -0.25) is 4.79 Å². The quantitative estimate of drug-likeness (QED) is 0.359. The van der Waals surface area contributed by atoms with Crippen LogP contribution in [0, 0.1) is 0 Å². The van der Waals surface area contributed by atoms with Crippen molar-refractivity contribution in [3.8, 4) is 11.5 Å². The van der Waals surface area contributed by atoms with Crippen molar-refractivity contribution in [3.05, 3.63) is 23.8 Å². The average Bonchev–Trinajstić information content (AvgIpc) is 2.32. The zero-order valence-electron chi connectivity index (χ0n) is 11.3. The van der Waals surface area contributed by atoms with Crippen molar-refractivity contribution in [2.75, 3.05) is 6.61 Å². The third-order valence-electron chi connectivity index (χ3n) is 1.66. The number of nitrogens with two attached hydrogens (primary N) is 2. The molecule has 0 saturated heterocycles. The Labute approximate surface area is 116 Å². The Balaban J connectivity index is 0.000000796. The molecule has 0 aliphatic carbocycles. The van der Waals surface area contributed by atoms with Gasteiger partial charge >= 0.3 is 0 Å². The van der Waals surface area contributed by atoms with Gasteiger partial charge in [-0.2, -0.15) is 5.10 Å².